The second kappa shape index (κ2) is 5.76. The molecule has 1 amide bonds. The summed E-state index contributed by atoms with van der Waals surface area (Å²) in [6.07, 6.45) is 3.01. The molecular weight excluding hydrogens is 270 g/mol. The van der Waals surface area contributed by atoms with Crippen LogP contribution in [0.25, 0.3) is 0 Å². The van der Waals surface area contributed by atoms with E-state index in [-0.39, 0.29) is 12.6 Å². The lowest BCUT2D eigenvalue weighted by Gasteiger charge is -2.26. The molecule has 3 rings (SSSR count). The summed E-state index contributed by atoms with van der Waals surface area (Å²) >= 11 is 0. The molecule has 2 fully saturated rings. The molecule has 3 atom stereocenters. The standard InChI is InChI=1S/C16H19NO4/c18-15(19)14-9-12-7-4-8-13(12)17(14)16(20)21-10-11-5-2-1-3-6-11/h1-3,5-6,12-14H,4,7-10H2,(H,18,19)/t12-,13-,14-/m0/s1. The summed E-state index contributed by atoms with van der Waals surface area (Å²) in [4.78, 5) is 25.2. The largest absolute Gasteiger partial charge is 0.480 e. The van der Waals surface area contributed by atoms with Gasteiger partial charge in [0.25, 0.3) is 0 Å². The topological polar surface area (TPSA) is 66.8 Å². The molecule has 0 radical (unpaired) electrons. The second-order valence-corrected chi connectivity index (χ2v) is 5.80. The normalized spacial score (nSPS) is 27.4. The maximum absolute atomic E-state index is 12.3. The van der Waals surface area contributed by atoms with Crippen molar-refractivity contribution in [1.82, 2.24) is 4.90 Å². The molecule has 2 aliphatic rings. The van der Waals surface area contributed by atoms with E-state index in [1.165, 1.54) is 4.90 Å². The summed E-state index contributed by atoms with van der Waals surface area (Å²) < 4.78 is 5.32. The molecular formula is C16H19NO4. The number of likely N-dealkylation sites (tertiary alicyclic amines) is 1. The van der Waals surface area contributed by atoms with E-state index in [1.807, 2.05) is 30.3 Å². The van der Waals surface area contributed by atoms with Crippen LogP contribution in [-0.4, -0.2) is 34.2 Å². The van der Waals surface area contributed by atoms with E-state index in [0.717, 1.165) is 24.8 Å². The molecule has 1 saturated heterocycles. The van der Waals surface area contributed by atoms with Gasteiger partial charge in [-0.1, -0.05) is 36.8 Å². The van der Waals surface area contributed by atoms with Gasteiger partial charge in [0.1, 0.15) is 12.6 Å². The lowest BCUT2D eigenvalue weighted by molar-refractivity contribution is -0.142. The van der Waals surface area contributed by atoms with Crippen molar-refractivity contribution in [3.63, 3.8) is 0 Å². The number of rotatable bonds is 3. The SMILES string of the molecule is O=C(O)[C@@H]1C[C@@H]2CCC[C@@H]2N1C(=O)OCc1ccccc1. The molecule has 0 spiro atoms. The average Bonchev–Trinajstić information content (AvgIpc) is 3.06. The van der Waals surface area contributed by atoms with Gasteiger partial charge in [0.15, 0.2) is 0 Å². The van der Waals surface area contributed by atoms with Crippen molar-refractivity contribution < 1.29 is 19.4 Å². The summed E-state index contributed by atoms with van der Waals surface area (Å²) in [6.45, 7) is 0.180. The van der Waals surface area contributed by atoms with Crippen molar-refractivity contribution in [2.24, 2.45) is 5.92 Å². The molecule has 1 aliphatic heterocycles. The quantitative estimate of drug-likeness (QED) is 0.929. The summed E-state index contributed by atoms with van der Waals surface area (Å²) in [5.41, 5.74) is 0.903. The van der Waals surface area contributed by atoms with Crippen molar-refractivity contribution in [1.29, 1.82) is 0 Å². The Morgan fingerprint density at radius 1 is 1.24 bits per heavy atom. The van der Waals surface area contributed by atoms with E-state index < -0.39 is 18.1 Å². The zero-order chi connectivity index (χ0) is 14.8. The minimum atomic E-state index is -0.930. The Balaban J connectivity index is 1.68. The zero-order valence-corrected chi connectivity index (χ0v) is 11.8. The summed E-state index contributed by atoms with van der Waals surface area (Å²) in [5.74, 6) is -0.614. The van der Waals surface area contributed by atoms with Crippen LogP contribution >= 0.6 is 0 Å². The minimum Gasteiger partial charge on any atom is -0.480 e. The van der Waals surface area contributed by atoms with Gasteiger partial charge in [0.2, 0.25) is 0 Å². The fourth-order valence-electron chi connectivity index (χ4n) is 3.57. The fraction of sp³-hybridized carbons (Fsp3) is 0.500. The van der Waals surface area contributed by atoms with Crippen LogP contribution in [0, 0.1) is 5.92 Å². The van der Waals surface area contributed by atoms with Crippen molar-refractivity contribution in [3.05, 3.63) is 35.9 Å². The Kier molecular flexibility index (Phi) is 3.82. The number of aliphatic carboxylic acids is 1. The van der Waals surface area contributed by atoms with Crippen molar-refractivity contribution in [3.8, 4) is 0 Å². The van der Waals surface area contributed by atoms with E-state index in [0.29, 0.717) is 12.3 Å². The number of nitrogens with zero attached hydrogens (tertiary/aromatic N) is 1. The minimum absolute atomic E-state index is 0.0365. The predicted molar refractivity (Wildman–Crippen MR) is 75.6 cm³/mol. The van der Waals surface area contributed by atoms with E-state index in [2.05, 4.69) is 0 Å². The first-order valence-corrected chi connectivity index (χ1v) is 7.38. The summed E-state index contributed by atoms with van der Waals surface area (Å²) in [7, 11) is 0. The van der Waals surface area contributed by atoms with Gasteiger partial charge in [-0.05, 0) is 30.7 Å². The number of hydrogen-bond acceptors (Lipinski definition) is 3. The van der Waals surface area contributed by atoms with Gasteiger partial charge in [-0.15, -0.1) is 0 Å². The molecule has 5 heteroatoms. The lowest BCUT2D eigenvalue weighted by atomic mass is 10.0. The highest BCUT2D eigenvalue weighted by Crippen LogP contribution is 2.41. The highest BCUT2D eigenvalue weighted by molar-refractivity contribution is 5.81. The van der Waals surface area contributed by atoms with Gasteiger partial charge >= 0.3 is 12.1 Å². The highest BCUT2D eigenvalue weighted by atomic mass is 16.6. The molecule has 1 N–H and O–H groups in total. The number of carboxylic acid groups (broad SMARTS) is 1. The van der Waals surface area contributed by atoms with E-state index in [1.54, 1.807) is 0 Å². The fourth-order valence-corrected chi connectivity index (χ4v) is 3.57. The van der Waals surface area contributed by atoms with Crippen LogP contribution in [0.15, 0.2) is 30.3 Å². The molecule has 112 valence electrons. The molecule has 1 saturated carbocycles. The number of amides is 1. The molecule has 0 aromatic heterocycles. The number of hydrogen-bond donors (Lipinski definition) is 1. The highest BCUT2D eigenvalue weighted by Gasteiger charge is 2.49. The number of carboxylic acids is 1. The summed E-state index contributed by atoms with van der Waals surface area (Å²) in [5, 5.41) is 9.32. The second-order valence-electron chi connectivity index (χ2n) is 5.80. The average molecular weight is 289 g/mol. The molecule has 1 aromatic rings. The van der Waals surface area contributed by atoms with Crippen molar-refractivity contribution >= 4 is 12.1 Å². The monoisotopic (exact) mass is 289 g/mol. The van der Waals surface area contributed by atoms with Crippen LogP contribution in [0.4, 0.5) is 4.79 Å². The van der Waals surface area contributed by atoms with E-state index >= 15 is 0 Å². The first-order chi connectivity index (χ1) is 10.2. The lowest BCUT2D eigenvalue weighted by Crippen LogP contribution is -2.45. The number of carbonyl (C=O) groups excluding carboxylic acids is 1. The zero-order valence-electron chi connectivity index (χ0n) is 11.8. The Labute approximate surface area is 123 Å². The van der Waals surface area contributed by atoms with Crippen molar-refractivity contribution in [2.45, 2.75) is 44.4 Å². The molecule has 1 aromatic carbocycles. The van der Waals surface area contributed by atoms with Gasteiger partial charge in [-0.25, -0.2) is 9.59 Å². The number of ether oxygens (including phenoxy) is 1. The number of benzene rings is 1. The third kappa shape index (κ3) is 2.73. The van der Waals surface area contributed by atoms with Gasteiger partial charge in [0.05, 0.1) is 0 Å². The van der Waals surface area contributed by atoms with Gasteiger partial charge in [0, 0.05) is 6.04 Å². The Morgan fingerprint density at radius 2 is 2.00 bits per heavy atom. The van der Waals surface area contributed by atoms with Crippen LogP contribution in [0.1, 0.15) is 31.2 Å². The molecule has 5 nitrogen and oxygen atoms in total. The van der Waals surface area contributed by atoms with Gasteiger partial charge in [-0.3, -0.25) is 4.90 Å². The first kappa shape index (κ1) is 13.9. The first-order valence-electron chi connectivity index (χ1n) is 7.38. The molecule has 0 unspecified atom stereocenters. The van der Waals surface area contributed by atoms with Crippen LogP contribution in [0.5, 0.6) is 0 Å². The molecule has 1 heterocycles. The van der Waals surface area contributed by atoms with Crippen LogP contribution in [0.2, 0.25) is 0 Å². The van der Waals surface area contributed by atoms with Crippen LogP contribution in [0.3, 0.4) is 0 Å². The van der Waals surface area contributed by atoms with E-state index in [9.17, 15) is 14.7 Å². The maximum atomic E-state index is 12.3. The Hall–Kier alpha value is -2.04. The predicted octanol–water partition coefficient (Wildman–Crippen LogP) is 2.65. The van der Waals surface area contributed by atoms with Crippen LogP contribution in [-0.2, 0) is 16.1 Å². The van der Waals surface area contributed by atoms with Gasteiger partial charge < -0.3 is 9.84 Å². The van der Waals surface area contributed by atoms with Crippen LogP contribution < -0.4 is 0 Å². The van der Waals surface area contributed by atoms with Gasteiger partial charge in [-0.2, -0.15) is 0 Å². The molecule has 1 aliphatic carbocycles. The third-order valence-corrected chi connectivity index (χ3v) is 4.54. The maximum Gasteiger partial charge on any atom is 0.411 e. The molecule has 21 heavy (non-hydrogen) atoms. The smallest absolute Gasteiger partial charge is 0.411 e. The number of carbonyl (C=O) groups is 2. The Bertz CT molecular complexity index is 530. The third-order valence-electron chi connectivity index (χ3n) is 4.54. The summed E-state index contributed by atoms with van der Waals surface area (Å²) in [6, 6.07) is 8.72. The van der Waals surface area contributed by atoms with Crippen molar-refractivity contribution in [2.75, 3.05) is 0 Å². The number of fused-ring (bicyclic) bond motifs is 1. The molecule has 0 bridgehead atoms. The van der Waals surface area contributed by atoms with E-state index in [4.69, 9.17) is 4.74 Å². The Morgan fingerprint density at radius 3 is 2.71 bits per heavy atom.